The molecule has 0 aliphatic heterocycles. The molecule has 0 aliphatic carbocycles. The van der Waals surface area contributed by atoms with Crippen molar-refractivity contribution in [1.82, 2.24) is 4.98 Å². The van der Waals surface area contributed by atoms with E-state index in [2.05, 4.69) is 57.2 Å². The minimum Gasteiger partial charge on any atom is -0.507 e. The molecule has 0 saturated carbocycles. The van der Waals surface area contributed by atoms with Crippen LogP contribution in [-0.2, 0) is 5.41 Å². The SMILES string of the molecule is CC(C)(C)c1ccc(O)c(C=Nc2ccccc2-c2nc3c(-c4ccc(-c5ccc(F)cc5)c5c4oc4ccccc45)cccc3s2)c1. The molecule has 0 atom stereocenters. The number of phenolic OH excluding ortho intramolecular Hbond substituents is 1. The van der Waals surface area contributed by atoms with Gasteiger partial charge in [0.2, 0.25) is 0 Å². The maximum Gasteiger partial charge on any atom is 0.143 e. The second-order valence-electron chi connectivity index (χ2n) is 12.9. The van der Waals surface area contributed by atoms with Crippen LogP contribution in [0.3, 0.4) is 0 Å². The summed E-state index contributed by atoms with van der Waals surface area (Å²) in [7, 11) is 0. The van der Waals surface area contributed by atoms with Gasteiger partial charge in [0.1, 0.15) is 27.7 Å². The maximum atomic E-state index is 13.8. The second kappa shape index (κ2) is 11.6. The van der Waals surface area contributed by atoms with Crippen LogP contribution < -0.4 is 0 Å². The lowest BCUT2D eigenvalue weighted by Crippen LogP contribution is -2.11. The highest BCUT2D eigenvalue weighted by atomic mass is 32.1. The molecule has 0 radical (unpaired) electrons. The molecule has 0 bridgehead atoms. The van der Waals surface area contributed by atoms with Gasteiger partial charge in [-0.05, 0) is 76.7 Å². The molecule has 0 amide bonds. The van der Waals surface area contributed by atoms with Gasteiger partial charge >= 0.3 is 0 Å². The van der Waals surface area contributed by atoms with E-state index < -0.39 is 0 Å². The number of para-hydroxylation sites is 3. The molecular weight excluding hydrogens is 616 g/mol. The Hall–Kier alpha value is -5.59. The molecule has 2 aromatic heterocycles. The van der Waals surface area contributed by atoms with Crippen molar-refractivity contribution < 1.29 is 13.9 Å². The largest absolute Gasteiger partial charge is 0.507 e. The predicted octanol–water partition coefficient (Wildman–Crippen LogP) is 12.1. The van der Waals surface area contributed by atoms with Crippen LogP contribution in [0.5, 0.6) is 5.75 Å². The Kier molecular flexibility index (Phi) is 7.19. The Morgan fingerprint density at radius 3 is 2.35 bits per heavy atom. The van der Waals surface area contributed by atoms with E-state index >= 15 is 0 Å². The van der Waals surface area contributed by atoms with E-state index in [0.29, 0.717) is 5.56 Å². The fourth-order valence-corrected chi connectivity index (χ4v) is 7.25. The minimum absolute atomic E-state index is 0.0534. The Morgan fingerprint density at radius 1 is 0.771 bits per heavy atom. The van der Waals surface area contributed by atoms with Gasteiger partial charge in [-0.1, -0.05) is 87.5 Å². The highest BCUT2D eigenvalue weighted by Gasteiger charge is 2.21. The number of aliphatic imine (C=N–C) groups is 1. The van der Waals surface area contributed by atoms with Crippen LogP contribution in [0.1, 0.15) is 31.9 Å². The van der Waals surface area contributed by atoms with E-state index in [9.17, 15) is 9.50 Å². The predicted molar refractivity (Wildman–Crippen MR) is 197 cm³/mol. The number of nitrogens with zero attached hydrogens (tertiary/aromatic N) is 2. The average Bonchev–Trinajstić information content (AvgIpc) is 3.70. The van der Waals surface area contributed by atoms with Crippen molar-refractivity contribution in [3.05, 3.63) is 138 Å². The summed E-state index contributed by atoms with van der Waals surface area (Å²) in [6.07, 6.45) is 1.73. The number of benzene rings is 6. The lowest BCUT2D eigenvalue weighted by atomic mass is 9.86. The van der Waals surface area contributed by atoms with E-state index in [4.69, 9.17) is 14.4 Å². The number of aromatic hydroxyl groups is 1. The molecule has 4 nitrogen and oxygen atoms in total. The first-order chi connectivity index (χ1) is 23.2. The fraction of sp³-hybridized carbons (Fsp3) is 0.0952. The molecule has 8 aromatic rings. The van der Waals surface area contributed by atoms with Crippen molar-refractivity contribution in [3.8, 4) is 38.6 Å². The van der Waals surface area contributed by atoms with Gasteiger partial charge in [-0.15, -0.1) is 11.3 Å². The third kappa shape index (κ3) is 5.24. The van der Waals surface area contributed by atoms with Crippen molar-refractivity contribution in [3.63, 3.8) is 0 Å². The zero-order chi connectivity index (χ0) is 33.0. The smallest absolute Gasteiger partial charge is 0.143 e. The van der Waals surface area contributed by atoms with E-state index in [1.54, 1.807) is 23.6 Å². The van der Waals surface area contributed by atoms with Crippen LogP contribution in [0.2, 0.25) is 0 Å². The summed E-state index contributed by atoms with van der Waals surface area (Å²) >= 11 is 1.62. The molecule has 1 N–H and O–H groups in total. The molecule has 2 heterocycles. The molecule has 234 valence electrons. The number of hydrogen-bond donors (Lipinski definition) is 1. The fourth-order valence-electron chi connectivity index (χ4n) is 6.22. The summed E-state index contributed by atoms with van der Waals surface area (Å²) < 4.78 is 21.4. The quantitative estimate of drug-likeness (QED) is 0.189. The van der Waals surface area contributed by atoms with E-state index in [0.717, 1.165) is 76.2 Å². The van der Waals surface area contributed by atoms with Crippen molar-refractivity contribution in [2.24, 2.45) is 4.99 Å². The third-order valence-corrected chi connectivity index (χ3v) is 9.82. The molecule has 48 heavy (non-hydrogen) atoms. The van der Waals surface area contributed by atoms with Crippen molar-refractivity contribution in [1.29, 1.82) is 0 Å². The summed E-state index contributed by atoms with van der Waals surface area (Å²) in [5.41, 5.74) is 9.66. The topological polar surface area (TPSA) is 58.6 Å². The molecule has 6 aromatic carbocycles. The Balaban J connectivity index is 1.25. The lowest BCUT2D eigenvalue weighted by molar-refractivity contribution is 0.473. The summed E-state index contributed by atoms with van der Waals surface area (Å²) in [4.78, 5) is 10.0. The monoisotopic (exact) mass is 646 g/mol. The maximum absolute atomic E-state index is 13.8. The van der Waals surface area contributed by atoms with Gasteiger partial charge in [-0.2, -0.15) is 0 Å². The molecule has 0 unspecified atom stereocenters. The molecule has 0 aliphatic rings. The van der Waals surface area contributed by atoms with Crippen molar-refractivity contribution in [2.45, 2.75) is 26.2 Å². The third-order valence-electron chi connectivity index (χ3n) is 8.76. The van der Waals surface area contributed by atoms with Crippen LogP contribution in [0, 0.1) is 5.82 Å². The van der Waals surface area contributed by atoms with Gasteiger partial charge in [-0.3, -0.25) is 4.99 Å². The number of furan rings is 1. The molecule has 0 fully saturated rings. The zero-order valence-electron chi connectivity index (χ0n) is 26.7. The first-order valence-electron chi connectivity index (χ1n) is 15.8. The number of hydrogen-bond acceptors (Lipinski definition) is 5. The molecule has 0 spiro atoms. The number of halogens is 1. The molecule has 8 rings (SSSR count). The van der Waals surface area contributed by atoms with Crippen molar-refractivity contribution >= 4 is 55.4 Å². The number of thiazole rings is 1. The number of aromatic nitrogens is 1. The lowest BCUT2D eigenvalue weighted by Gasteiger charge is -2.19. The number of rotatable bonds is 5. The summed E-state index contributed by atoms with van der Waals surface area (Å²) in [6, 6.07) is 38.6. The molecular formula is C42H31FN2O2S. The van der Waals surface area contributed by atoms with E-state index in [-0.39, 0.29) is 17.0 Å². The average molecular weight is 647 g/mol. The van der Waals surface area contributed by atoms with Gasteiger partial charge < -0.3 is 9.52 Å². The Labute approximate surface area is 281 Å². The van der Waals surface area contributed by atoms with Gasteiger partial charge in [0.05, 0.1) is 15.9 Å². The molecule has 6 heteroatoms. The summed E-state index contributed by atoms with van der Waals surface area (Å²) in [6.45, 7) is 6.45. The first-order valence-corrected chi connectivity index (χ1v) is 16.6. The van der Waals surface area contributed by atoms with Crippen LogP contribution in [0.25, 0.3) is 65.0 Å². The zero-order valence-corrected chi connectivity index (χ0v) is 27.5. The van der Waals surface area contributed by atoms with Gasteiger partial charge in [0.25, 0.3) is 0 Å². The number of fused-ring (bicyclic) bond motifs is 4. The van der Waals surface area contributed by atoms with Crippen molar-refractivity contribution in [2.75, 3.05) is 0 Å². The summed E-state index contributed by atoms with van der Waals surface area (Å²) in [5.74, 6) is -0.0777. The summed E-state index contributed by atoms with van der Waals surface area (Å²) in [5, 5.41) is 13.4. The first kappa shape index (κ1) is 29.8. The van der Waals surface area contributed by atoms with Crippen LogP contribution >= 0.6 is 11.3 Å². The van der Waals surface area contributed by atoms with E-state index in [1.807, 2.05) is 66.7 Å². The Morgan fingerprint density at radius 2 is 1.52 bits per heavy atom. The standard InChI is InChI=1S/C42H31FN2O2S/c1-42(2,3)27-17-22-35(46)26(23-27)24-44-34-12-6-4-9-32(34)41-45-39-30(11-8-14-37(39)48-41)31-21-20-29(25-15-18-28(43)19-16-25)38-33-10-5-7-13-36(33)47-40(31)38/h4-24,46H,1-3H3. The highest BCUT2D eigenvalue weighted by molar-refractivity contribution is 7.21. The van der Waals surface area contributed by atoms with Gasteiger partial charge in [-0.25, -0.2) is 9.37 Å². The van der Waals surface area contributed by atoms with Crippen LogP contribution in [-0.4, -0.2) is 16.3 Å². The number of phenols is 1. The Bertz CT molecular complexity index is 2520. The second-order valence-corrected chi connectivity index (χ2v) is 14.0. The minimum atomic E-state index is -0.269. The van der Waals surface area contributed by atoms with Gasteiger partial charge in [0.15, 0.2) is 0 Å². The molecule has 0 saturated heterocycles. The van der Waals surface area contributed by atoms with E-state index in [1.165, 1.54) is 12.1 Å². The highest BCUT2D eigenvalue weighted by Crippen LogP contribution is 2.45. The normalized spacial score (nSPS) is 12.2. The van der Waals surface area contributed by atoms with Crippen LogP contribution in [0.4, 0.5) is 10.1 Å². The van der Waals surface area contributed by atoms with Gasteiger partial charge in [0, 0.05) is 39.2 Å². The van der Waals surface area contributed by atoms with Crippen LogP contribution in [0.15, 0.2) is 131 Å².